The molecule has 0 unspecified atom stereocenters. The van der Waals surface area contributed by atoms with Crippen LogP contribution < -0.4 is 4.90 Å². The molecule has 152 valence electrons. The third kappa shape index (κ3) is 5.06. The van der Waals surface area contributed by atoms with Gasteiger partial charge in [0.1, 0.15) is 6.33 Å². The number of hydrogen-bond donors (Lipinski definition) is 0. The second kappa shape index (κ2) is 9.38. The van der Waals surface area contributed by atoms with Gasteiger partial charge >= 0.3 is 0 Å². The lowest BCUT2D eigenvalue weighted by Crippen LogP contribution is -2.38. The maximum atomic E-state index is 13.1. The summed E-state index contributed by atoms with van der Waals surface area (Å²) >= 11 is 6.31. The van der Waals surface area contributed by atoms with Crippen molar-refractivity contribution >= 4 is 50.1 Å². The van der Waals surface area contributed by atoms with Crippen molar-refractivity contribution in [2.24, 2.45) is 7.05 Å². The fraction of sp³-hybridized carbons (Fsp3) is 0.368. The Labute approximate surface area is 185 Å². The summed E-state index contributed by atoms with van der Waals surface area (Å²) in [5, 5.41) is 11.3. The van der Waals surface area contributed by atoms with Crippen molar-refractivity contribution in [3.63, 3.8) is 0 Å². The van der Waals surface area contributed by atoms with Crippen molar-refractivity contribution in [3.8, 4) is 11.3 Å². The molecule has 0 spiro atoms. The monoisotopic (exact) mass is 493 g/mol. The topological polar surface area (TPSA) is 73.1 Å². The van der Waals surface area contributed by atoms with Crippen molar-refractivity contribution in [1.82, 2.24) is 19.7 Å². The Kier molecular flexibility index (Phi) is 6.63. The van der Waals surface area contributed by atoms with E-state index in [4.69, 9.17) is 9.72 Å². The molecule has 0 saturated carbocycles. The predicted molar refractivity (Wildman–Crippen MR) is 118 cm³/mol. The lowest BCUT2D eigenvalue weighted by molar-refractivity contribution is -0.116. The van der Waals surface area contributed by atoms with E-state index in [2.05, 4.69) is 26.1 Å². The molecule has 1 amide bonds. The first-order valence-corrected chi connectivity index (χ1v) is 11.9. The molecule has 0 radical (unpaired) electrons. The first-order chi connectivity index (χ1) is 14.1. The van der Waals surface area contributed by atoms with Gasteiger partial charge in [-0.3, -0.25) is 9.69 Å². The van der Waals surface area contributed by atoms with Crippen molar-refractivity contribution in [2.45, 2.75) is 24.1 Å². The third-order valence-electron chi connectivity index (χ3n) is 4.57. The van der Waals surface area contributed by atoms with Gasteiger partial charge in [0, 0.05) is 29.1 Å². The summed E-state index contributed by atoms with van der Waals surface area (Å²) in [6.45, 7) is 1.27. The molecule has 10 heteroatoms. The number of hydrogen-bond acceptors (Lipinski definition) is 7. The van der Waals surface area contributed by atoms with E-state index in [9.17, 15) is 4.79 Å². The Balaban J connectivity index is 1.52. The summed E-state index contributed by atoms with van der Waals surface area (Å²) in [7, 11) is 1.86. The Morgan fingerprint density at radius 3 is 2.93 bits per heavy atom. The molecular formula is C19H20BrN5O2S2. The summed E-state index contributed by atoms with van der Waals surface area (Å²) in [4.78, 5) is 19.6. The highest BCUT2D eigenvalue weighted by Gasteiger charge is 2.26. The number of carbonyl (C=O) groups excluding carboxylic acids is 1. The highest BCUT2D eigenvalue weighted by molar-refractivity contribution is 9.10. The number of halogens is 1. The van der Waals surface area contributed by atoms with Crippen LogP contribution in [0.15, 0.2) is 45.6 Å². The molecule has 1 atom stereocenters. The van der Waals surface area contributed by atoms with Gasteiger partial charge < -0.3 is 9.30 Å². The number of carbonyl (C=O) groups is 1. The van der Waals surface area contributed by atoms with E-state index in [0.29, 0.717) is 16.8 Å². The van der Waals surface area contributed by atoms with Gasteiger partial charge in [0.25, 0.3) is 0 Å². The van der Waals surface area contributed by atoms with Gasteiger partial charge in [-0.1, -0.05) is 39.8 Å². The number of aryl methyl sites for hydroxylation is 1. The molecule has 0 N–H and O–H groups in total. The molecular weight excluding hydrogens is 474 g/mol. The van der Waals surface area contributed by atoms with Gasteiger partial charge in [-0.05, 0) is 25.0 Å². The summed E-state index contributed by atoms with van der Waals surface area (Å²) < 4.78 is 8.60. The van der Waals surface area contributed by atoms with Crippen LogP contribution in [0.3, 0.4) is 0 Å². The quantitative estimate of drug-likeness (QED) is 0.463. The van der Waals surface area contributed by atoms with Crippen molar-refractivity contribution < 1.29 is 9.53 Å². The van der Waals surface area contributed by atoms with Crippen LogP contribution in [0.25, 0.3) is 11.3 Å². The second-order valence-electron chi connectivity index (χ2n) is 6.67. The molecule has 2 aromatic heterocycles. The van der Waals surface area contributed by atoms with Gasteiger partial charge in [0.15, 0.2) is 10.3 Å². The number of aromatic nitrogens is 4. The molecule has 4 rings (SSSR count). The minimum Gasteiger partial charge on any atom is -0.376 e. The van der Waals surface area contributed by atoms with E-state index in [1.165, 1.54) is 23.1 Å². The van der Waals surface area contributed by atoms with E-state index in [1.807, 2.05) is 36.7 Å². The summed E-state index contributed by atoms with van der Waals surface area (Å²) in [5.74, 6) is 0.261. The van der Waals surface area contributed by atoms with Gasteiger partial charge in [0.05, 0.1) is 24.1 Å². The van der Waals surface area contributed by atoms with Crippen LogP contribution in [0.1, 0.15) is 12.8 Å². The Bertz CT molecular complexity index is 969. The molecule has 29 heavy (non-hydrogen) atoms. The predicted octanol–water partition coefficient (Wildman–Crippen LogP) is 4.01. The van der Waals surface area contributed by atoms with Crippen LogP contribution in [-0.4, -0.2) is 50.7 Å². The van der Waals surface area contributed by atoms with Crippen LogP contribution in [0.5, 0.6) is 0 Å². The lowest BCUT2D eigenvalue weighted by Gasteiger charge is -2.22. The molecule has 1 saturated heterocycles. The second-order valence-corrected chi connectivity index (χ2v) is 9.37. The number of thiazole rings is 1. The lowest BCUT2D eigenvalue weighted by atomic mass is 10.2. The van der Waals surface area contributed by atoms with Gasteiger partial charge in [-0.2, -0.15) is 0 Å². The number of ether oxygens (including phenoxy) is 1. The number of nitrogens with zero attached hydrogens (tertiary/aromatic N) is 5. The Hall–Kier alpha value is -1.75. The number of benzene rings is 1. The average molecular weight is 494 g/mol. The zero-order valence-electron chi connectivity index (χ0n) is 15.8. The van der Waals surface area contributed by atoms with Crippen LogP contribution >= 0.6 is 39.0 Å². The highest BCUT2D eigenvalue weighted by atomic mass is 79.9. The summed E-state index contributed by atoms with van der Waals surface area (Å²) in [6.07, 6.45) is 3.68. The first-order valence-electron chi connectivity index (χ1n) is 9.20. The van der Waals surface area contributed by atoms with Crippen molar-refractivity contribution in [2.75, 3.05) is 23.8 Å². The Morgan fingerprint density at radius 2 is 2.24 bits per heavy atom. The fourth-order valence-electron chi connectivity index (χ4n) is 3.03. The smallest absolute Gasteiger partial charge is 0.239 e. The molecule has 1 aliphatic rings. The maximum Gasteiger partial charge on any atom is 0.239 e. The van der Waals surface area contributed by atoms with Crippen molar-refractivity contribution in [3.05, 3.63) is 40.4 Å². The molecule has 3 aromatic rings. The number of rotatable bonds is 7. The molecule has 1 fully saturated rings. The van der Waals surface area contributed by atoms with E-state index in [1.54, 1.807) is 15.8 Å². The highest BCUT2D eigenvalue weighted by Crippen LogP contribution is 2.30. The van der Waals surface area contributed by atoms with E-state index >= 15 is 0 Å². The number of amides is 1. The van der Waals surface area contributed by atoms with Crippen LogP contribution in [0, 0.1) is 0 Å². The van der Waals surface area contributed by atoms with E-state index in [0.717, 1.165) is 35.2 Å². The SMILES string of the molecule is Cn1cnnc1SCC(=O)N(C[C@@H]1CCCO1)c1nc(-c2ccc(Br)cc2)cs1. The molecule has 0 aliphatic carbocycles. The molecule has 7 nitrogen and oxygen atoms in total. The van der Waals surface area contributed by atoms with Crippen molar-refractivity contribution in [1.29, 1.82) is 0 Å². The summed E-state index contributed by atoms with van der Waals surface area (Å²) in [5.41, 5.74) is 1.89. The molecule has 0 bridgehead atoms. The van der Waals surface area contributed by atoms with Gasteiger partial charge in [-0.25, -0.2) is 4.98 Å². The minimum absolute atomic E-state index is 0.00907. The zero-order chi connectivity index (χ0) is 20.2. The normalized spacial score (nSPS) is 16.3. The van der Waals surface area contributed by atoms with Crippen LogP contribution in [0.2, 0.25) is 0 Å². The van der Waals surface area contributed by atoms with E-state index in [-0.39, 0.29) is 17.8 Å². The van der Waals surface area contributed by atoms with E-state index < -0.39 is 0 Å². The minimum atomic E-state index is -0.00907. The van der Waals surface area contributed by atoms with Gasteiger partial charge in [0.2, 0.25) is 5.91 Å². The molecule has 1 aromatic carbocycles. The zero-order valence-corrected chi connectivity index (χ0v) is 19.0. The Morgan fingerprint density at radius 1 is 1.41 bits per heavy atom. The largest absolute Gasteiger partial charge is 0.376 e. The fourth-order valence-corrected chi connectivity index (χ4v) is 4.92. The number of anilines is 1. The van der Waals surface area contributed by atoms with Crippen LogP contribution in [0.4, 0.5) is 5.13 Å². The third-order valence-corrected chi connectivity index (χ3v) is 6.98. The first kappa shape index (κ1) is 20.5. The number of thioether (sulfide) groups is 1. The molecule has 3 heterocycles. The van der Waals surface area contributed by atoms with Crippen LogP contribution in [-0.2, 0) is 16.6 Å². The maximum absolute atomic E-state index is 13.1. The summed E-state index contributed by atoms with van der Waals surface area (Å²) in [6, 6.07) is 8.00. The standard InChI is InChI=1S/C19H20BrN5O2S2/c1-24-12-21-23-19(24)29-11-17(26)25(9-15-3-2-8-27-15)18-22-16(10-28-18)13-4-6-14(20)7-5-13/h4-7,10,12,15H,2-3,8-9,11H2,1H3/t15-/m0/s1. The molecule has 1 aliphatic heterocycles. The van der Waals surface area contributed by atoms with Gasteiger partial charge in [-0.15, -0.1) is 21.5 Å². The average Bonchev–Trinajstić information content (AvgIpc) is 3.47.